The number of rotatable bonds is 8. The van der Waals surface area contributed by atoms with E-state index in [1.807, 2.05) is 18.2 Å². The van der Waals surface area contributed by atoms with Crippen LogP contribution in [-0.2, 0) is 6.42 Å². The molecular formula is C20H25F3N4O. The lowest BCUT2D eigenvalue weighted by atomic mass is 10.1. The van der Waals surface area contributed by atoms with Crippen molar-refractivity contribution in [2.75, 3.05) is 38.7 Å². The van der Waals surface area contributed by atoms with E-state index in [1.165, 1.54) is 12.1 Å². The molecule has 1 N–H and O–H groups in total. The van der Waals surface area contributed by atoms with Crippen molar-refractivity contribution in [1.82, 2.24) is 14.8 Å². The maximum atomic E-state index is 12.2. The Morgan fingerprint density at radius 2 is 1.96 bits per heavy atom. The minimum atomic E-state index is -4.65. The lowest BCUT2D eigenvalue weighted by Gasteiger charge is -2.17. The highest BCUT2D eigenvalue weighted by molar-refractivity contribution is 5.32. The number of nitrogens with one attached hydrogen (secondary N) is 1. The summed E-state index contributed by atoms with van der Waals surface area (Å²) in [5.41, 5.74) is 0.998. The van der Waals surface area contributed by atoms with Crippen LogP contribution >= 0.6 is 0 Å². The van der Waals surface area contributed by atoms with Crippen LogP contribution in [0.25, 0.3) is 0 Å². The summed E-state index contributed by atoms with van der Waals surface area (Å²) in [5.74, 6) is 0.704. The molecule has 28 heavy (non-hydrogen) atoms. The van der Waals surface area contributed by atoms with Gasteiger partial charge in [0.2, 0.25) is 0 Å². The molecule has 152 valence electrons. The Morgan fingerprint density at radius 3 is 2.64 bits per heavy atom. The quantitative estimate of drug-likeness (QED) is 0.741. The Balaban J connectivity index is 1.39. The summed E-state index contributed by atoms with van der Waals surface area (Å²) in [6.07, 6.45) is -1.07. The van der Waals surface area contributed by atoms with Crippen LogP contribution in [0.2, 0.25) is 0 Å². The van der Waals surface area contributed by atoms with Crippen molar-refractivity contribution < 1.29 is 17.9 Å². The van der Waals surface area contributed by atoms with Crippen molar-refractivity contribution in [3.63, 3.8) is 0 Å². The van der Waals surface area contributed by atoms with E-state index >= 15 is 0 Å². The summed E-state index contributed by atoms with van der Waals surface area (Å²) in [6.45, 7) is 3.60. The number of hydrogen-bond acceptors (Lipinski definition) is 5. The Hall–Kier alpha value is -2.32. The third-order valence-corrected chi connectivity index (χ3v) is 4.84. The molecule has 1 unspecified atom stereocenters. The van der Waals surface area contributed by atoms with Gasteiger partial charge >= 0.3 is 6.36 Å². The predicted molar refractivity (Wildman–Crippen MR) is 102 cm³/mol. The topological polar surface area (TPSA) is 40.6 Å². The molecule has 8 heteroatoms. The average molecular weight is 394 g/mol. The first-order chi connectivity index (χ1) is 13.4. The average Bonchev–Trinajstić information content (AvgIpc) is 3.01. The first-order valence-electron chi connectivity index (χ1n) is 9.31. The number of ether oxygens (including phenoxy) is 1. The molecule has 0 bridgehead atoms. The fourth-order valence-corrected chi connectivity index (χ4v) is 3.38. The normalized spacial score (nSPS) is 18.4. The zero-order valence-corrected chi connectivity index (χ0v) is 15.8. The van der Waals surface area contributed by atoms with E-state index in [-0.39, 0.29) is 5.75 Å². The van der Waals surface area contributed by atoms with E-state index in [1.54, 1.807) is 18.3 Å². The summed E-state index contributed by atoms with van der Waals surface area (Å²) in [5, 5.41) is 3.34. The number of aromatic nitrogens is 1. The molecular weight excluding hydrogens is 369 g/mol. The summed E-state index contributed by atoms with van der Waals surface area (Å²) in [6, 6.07) is 12.4. The predicted octanol–water partition coefficient (Wildman–Crippen LogP) is 3.60. The monoisotopic (exact) mass is 394 g/mol. The molecule has 1 atom stereocenters. The van der Waals surface area contributed by atoms with Crippen LogP contribution in [0.3, 0.4) is 0 Å². The first-order valence-corrected chi connectivity index (χ1v) is 9.31. The summed E-state index contributed by atoms with van der Waals surface area (Å²) >= 11 is 0. The van der Waals surface area contributed by atoms with Gasteiger partial charge in [0.15, 0.2) is 0 Å². The summed E-state index contributed by atoms with van der Waals surface area (Å²) < 4.78 is 40.5. The van der Waals surface area contributed by atoms with Gasteiger partial charge in [0.05, 0.1) is 6.67 Å². The standard InChI is InChI=1S/C20H25F3N4O/c1-26-15-27(14-17(26)9-12-25-19-4-2-3-11-24-19)13-10-16-5-7-18(8-6-16)28-20(21,22)23/h2-8,11,17H,9-10,12-15H2,1H3,(H,24,25). The van der Waals surface area contributed by atoms with Crippen LogP contribution in [0.5, 0.6) is 5.75 Å². The number of hydrogen-bond donors (Lipinski definition) is 1. The van der Waals surface area contributed by atoms with Crippen molar-refractivity contribution >= 4 is 5.82 Å². The molecule has 1 saturated heterocycles. The van der Waals surface area contributed by atoms with Crippen LogP contribution < -0.4 is 10.1 Å². The Labute approximate surface area is 163 Å². The van der Waals surface area contributed by atoms with E-state index in [4.69, 9.17) is 0 Å². The highest BCUT2D eigenvalue weighted by Gasteiger charge is 2.31. The molecule has 1 fully saturated rings. The zero-order chi connectivity index (χ0) is 20.0. The molecule has 2 heterocycles. The Kier molecular flexibility index (Phi) is 6.74. The second kappa shape index (κ2) is 9.25. The largest absolute Gasteiger partial charge is 0.573 e. The lowest BCUT2D eigenvalue weighted by molar-refractivity contribution is -0.274. The number of anilines is 1. The van der Waals surface area contributed by atoms with E-state index in [9.17, 15) is 13.2 Å². The summed E-state index contributed by atoms with van der Waals surface area (Å²) in [4.78, 5) is 8.96. The second-order valence-corrected chi connectivity index (χ2v) is 7.00. The number of pyridine rings is 1. The Morgan fingerprint density at radius 1 is 1.18 bits per heavy atom. The van der Waals surface area contributed by atoms with Crippen molar-refractivity contribution in [2.45, 2.75) is 25.2 Å². The number of nitrogens with zero attached hydrogens (tertiary/aromatic N) is 3. The fourth-order valence-electron chi connectivity index (χ4n) is 3.38. The molecule has 2 aromatic rings. The minimum Gasteiger partial charge on any atom is -0.406 e. The highest BCUT2D eigenvalue weighted by atomic mass is 19.4. The molecule has 5 nitrogen and oxygen atoms in total. The van der Waals surface area contributed by atoms with Gasteiger partial charge in [-0.2, -0.15) is 0 Å². The van der Waals surface area contributed by atoms with Gasteiger partial charge in [-0.3, -0.25) is 9.80 Å². The van der Waals surface area contributed by atoms with Gasteiger partial charge < -0.3 is 10.1 Å². The molecule has 0 aliphatic carbocycles. The van der Waals surface area contributed by atoms with E-state index in [0.29, 0.717) is 6.04 Å². The van der Waals surface area contributed by atoms with E-state index < -0.39 is 6.36 Å². The summed E-state index contributed by atoms with van der Waals surface area (Å²) in [7, 11) is 2.12. The van der Waals surface area contributed by atoms with Gasteiger partial charge in [0.25, 0.3) is 0 Å². The lowest BCUT2D eigenvalue weighted by Crippen LogP contribution is -2.28. The maximum absolute atomic E-state index is 12.2. The van der Waals surface area contributed by atoms with Crippen molar-refractivity contribution in [3.05, 3.63) is 54.2 Å². The third-order valence-electron chi connectivity index (χ3n) is 4.84. The van der Waals surface area contributed by atoms with Crippen LogP contribution in [0.15, 0.2) is 48.7 Å². The van der Waals surface area contributed by atoms with E-state index in [0.717, 1.165) is 50.5 Å². The van der Waals surface area contributed by atoms with Crippen molar-refractivity contribution in [3.8, 4) is 5.75 Å². The van der Waals surface area contributed by atoms with Crippen LogP contribution in [-0.4, -0.2) is 60.5 Å². The fraction of sp³-hybridized carbons (Fsp3) is 0.450. The van der Waals surface area contributed by atoms with Gasteiger partial charge in [-0.25, -0.2) is 4.98 Å². The number of likely N-dealkylation sites (N-methyl/N-ethyl adjacent to an activating group) is 1. The van der Waals surface area contributed by atoms with Gasteiger partial charge in [-0.15, -0.1) is 13.2 Å². The first kappa shape index (κ1) is 20.4. The third kappa shape index (κ3) is 6.38. The molecule has 1 aromatic heterocycles. The van der Waals surface area contributed by atoms with Crippen LogP contribution in [0.1, 0.15) is 12.0 Å². The molecule has 0 radical (unpaired) electrons. The second-order valence-electron chi connectivity index (χ2n) is 7.00. The number of benzene rings is 1. The van der Waals surface area contributed by atoms with Gasteiger partial charge in [-0.1, -0.05) is 18.2 Å². The number of halogens is 3. The molecule has 1 aliphatic heterocycles. The molecule has 1 aliphatic rings. The van der Waals surface area contributed by atoms with Crippen molar-refractivity contribution in [1.29, 1.82) is 0 Å². The van der Waals surface area contributed by atoms with Crippen LogP contribution in [0, 0.1) is 0 Å². The number of alkyl halides is 3. The molecule has 1 aromatic carbocycles. The minimum absolute atomic E-state index is 0.183. The molecule has 0 saturated carbocycles. The SMILES string of the molecule is CN1CN(CCc2ccc(OC(F)(F)F)cc2)CC1CCNc1ccccn1. The molecule has 3 rings (SSSR count). The maximum Gasteiger partial charge on any atom is 0.573 e. The van der Waals surface area contributed by atoms with Crippen molar-refractivity contribution in [2.24, 2.45) is 0 Å². The zero-order valence-electron chi connectivity index (χ0n) is 15.8. The Bertz CT molecular complexity index is 724. The van der Waals surface area contributed by atoms with Gasteiger partial charge in [0, 0.05) is 31.9 Å². The van der Waals surface area contributed by atoms with Crippen LogP contribution in [0.4, 0.5) is 19.0 Å². The highest BCUT2D eigenvalue weighted by Crippen LogP contribution is 2.23. The smallest absolute Gasteiger partial charge is 0.406 e. The van der Waals surface area contributed by atoms with Gasteiger partial charge in [0.1, 0.15) is 11.6 Å². The van der Waals surface area contributed by atoms with Gasteiger partial charge in [-0.05, 0) is 49.7 Å². The molecule has 0 amide bonds. The van der Waals surface area contributed by atoms with E-state index in [2.05, 4.69) is 31.9 Å². The molecule has 0 spiro atoms.